The average molecular weight is 275 g/mol. The lowest BCUT2D eigenvalue weighted by Gasteiger charge is -2.13. The van der Waals surface area contributed by atoms with E-state index in [0.29, 0.717) is 5.75 Å². The number of carbonyl (C=O) groups is 1. The molecular formula is C9H13N3OS3. The third-order valence-electron chi connectivity index (χ3n) is 2.35. The number of hydrogen-bond donors (Lipinski definition) is 0. The number of carbonyl (C=O) groups excluding carboxylic acids is 1. The molecule has 0 aromatic carbocycles. The second-order valence-electron chi connectivity index (χ2n) is 3.42. The predicted octanol–water partition coefficient (Wildman–Crippen LogP) is 1.97. The summed E-state index contributed by atoms with van der Waals surface area (Å²) < 4.78 is 5.04. The Morgan fingerprint density at radius 3 is 2.88 bits per heavy atom. The van der Waals surface area contributed by atoms with Gasteiger partial charge in [0, 0.05) is 13.1 Å². The van der Waals surface area contributed by atoms with Crippen molar-refractivity contribution < 1.29 is 4.79 Å². The van der Waals surface area contributed by atoms with Crippen LogP contribution in [-0.4, -0.2) is 45.3 Å². The van der Waals surface area contributed by atoms with Crippen LogP contribution in [0.4, 0.5) is 0 Å². The first-order chi connectivity index (χ1) is 7.79. The minimum absolute atomic E-state index is 0.225. The molecule has 2 rings (SSSR count). The lowest BCUT2D eigenvalue weighted by Crippen LogP contribution is -2.29. The number of nitrogens with zero attached hydrogens (tertiary/aromatic N) is 3. The molecule has 16 heavy (non-hydrogen) atoms. The fraction of sp³-hybridized carbons (Fsp3) is 0.667. The van der Waals surface area contributed by atoms with Gasteiger partial charge in [-0.1, -0.05) is 23.5 Å². The molecule has 1 aliphatic heterocycles. The molecule has 0 atom stereocenters. The van der Waals surface area contributed by atoms with Gasteiger partial charge in [-0.3, -0.25) is 4.79 Å². The Labute approximate surface area is 107 Å². The predicted molar refractivity (Wildman–Crippen MR) is 68.2 cm³/mol. The van der Waals surface area contributed by atoms with Crippen LogP contribution in [0.15, 0.2) is 9.50 Å². The summed E-state index contributed by atoms with van der Waals surface area (Å²) in [5, 5.41) is 0.793. The SMILES string of the molecule is CSc1nsc(SCC(=O)N2CCCC2)n1. The van der Waals surface area contributed by atoms with E-state index >= 15 is 0 Å². The van der Waals surface area contributed by atoms with Crippen molar-refractivity contribution in [2.45, 2.75) is 22.3 Å². The van der Waals surface area contributed by atoms with E-state index in [0.717, 1.165) is 35.4 Å². The van der Waals surface area contributed by atoms with Crippen molar-refractivity contribution in [1.29, 1.82) is 0 Å². The average Bonchev–Trinajstić information content (AvgIpc) is 2.96. The van der Waals surface area contributed by atoms with Crippen molar-refractivity contribution in [2.75, 3.05) is 25.1 Å². The maximum atomic E-state index is 11.8. The van der Waals surface area contributed by atoms with Crippen molar-refractivity contribution >= 4 is 41.0 Å². The van der Waals surface area contributed by atoms with Crippen molar-refractivity contribution in [1.82, 2.24) is 14.3 Å². The molecule has 2 heterocycles. The van der Waals surface area contributed by atoms with Crippen molar-refractivity contribution in [3.05, 3.63) is 0 Å². The zero-order chi connectivity index (χ0) is 11.4. The minimum Gasteiger partial charge on any atom is -0.342 e. The molecule has 1 aliphatic rings. The molecular weight excluding hydrogens is 262 g/mol. The first kappa shape index (κ1) is 12.2. The third kappa shape index (κ3) is 3.11. The van der Waals surface area contributed by atoms with Crippen molar-refractivity contribution in [3.63, 3.8) is 0 Å². The van der Waals surface area contributed by atoms with Crippen LogP contribution in [0, 0.1) is 0 Å². The summed E-state index contributed by atoms with van der Waals surface area (Å²) in [7, 11) is 0. The molecule has 1 fully saturated rings. The lowest BCUT2D eigenvalue weighted by molar-refractivity contribution is -0.127. The van der Waals surface area contributed by atoms with Gasteiger partial charge in [-0.25, -0.2) is 4.98 Å². The van der Waals surface area contributed by atoms with Gasteiger partial charge in [-0.15, -0.1) is 0 Å². The molecule has 0 bridgehead atoms. The highest BCUT2D eigenvalue weighted by Crippen LogP contribution is 2.24. The van der Waals surface area contributed by atoms with Gasteiger partial charge in [0.05, 0.1) is 5.75 Å². The first-order valence-corrected chi connectivity index (χ1v) is 8.06. The highest BCUT2D eigenvalue weighted by atomic mass is 32.2. The maximum Gasteiger partial charge on any atom is 0.233 e. The van der Waals surface area contributed by atoms with E-state index in [1.807, 2.05) is 11.2 Å². The summed E-state index contributed by atoms with van der Waals surface area (Å²) in [4.78, 5) is 18.0. The third-order valence-corrected chi connectivity index (χ3v) is 4.83. The molecule has 88 valence electrons. The molecule has 7 heteroatoms. The highest BCUT2D eigenvalue weighted by Gasteiger charge is 2.18. The summed E-state index contributed by atoms with van der Waals surface area (Å²) in [5.41, 5.74) is 0. The molecule has 1 saturated heterocycles. The summed E-state index contributed by atoms with van der Waals surface area (Å²) in [5.74, 6) is 0.714. The number of hydrogen-bond acceptors (Lipinski definition) is 6. The number of aromatic nitrogens is 2. The van der Waals surface area contributed by atoms with Crippen LogP contribution in [-0.2, 0) is 4.79 Å². The smallest absolute Gasteiger partial charge is 0.233 e. The Balaban J connectivity index is 1.80. The normalized spacial score (nSPS) is 15.7. The summed E-state index contributed by atoms with van der Waals surface area (Å²) in [6.07, 6.45) is 4.24. The number of amides is 1. The summed E-state index contributed by atoms with van der Waals surface area (Å²) >= 11 is 4.39. The van der Waals surface area contributed by atoms with E-state index in [4.69, 9.17) is 0 Å². The van der Waals surface area contributed by atoms with Gasteiger partial charge in [0.15, 0.2) is 4.34 Å². The highest BCUT2D eigenvalue weighted by molar-refractivity contribution is 8.01. The van der Waals surface area contributed by atoms with Crippen LogP contribution in [0.5, 0.6) is 0 Å². The first-order valence-electron chi connectivity index (χ1n) is 5.08. The lowest BCUT2D eigenvalue weighted by atomic mass is 10.4. The molecule has 1 aromatic rings. The zero-order valence-electron chi connectivity index (χ0n) is 9.01. The van der Waals surface area contributed by atoms with E-state index in [2.05, 4.69) is 9.36 Å². The molecule has 0 aliphatic carbocycles. The Morgan fingerprint density at radius 1 is 1.50 bits per heavy atom. The monoisotopic (exact) mass is 275 g/mol. The molecule has 1 amide bonds. The summed E-state index contributed by atoms with van der Waals surface area (Å²) in [6.45, 7) is 1.84. The van der Waals surface area contributed by atoms with Gasteiger partial charge >= 0.3 is 0 Å². The number of thioether (sulfide) groups is 2. The van der Waals surface area contributed by atoms with Gasteiger partial charge in [-0.2, -0.15) is 4.37 Å². The van der Waals surface area contributed by atoms with Gasteiger partial charge < -0.3 is 4.90 Å². The standard InChI is InChI=1S/C9H13N3OS3/c1-14-8-10-9(16-11-8)15-6-7(13)12-4-2-3-5-12/h2-6H2,1H3. The fourth-order valence-electron chi connectivity index (χ4n) is 1.52. The second kappa shape index (κ2) is 5.88. The quantitative estimate of drug-likeness (QED) is 0.786. The van der Waals surface area contributed by atoms with Gasteiger partial charge in [-0.05, 0) is 30.6 Å². The Morgan fingerprint density at radius 2 is 2.25 bits per heavy atom. The number of likely N-dealkylation sites (tertiary alicyclic amines) is 1. The van der Waals surface area contributed by atoms with Gasteiger partial charge in [0.2, 0.25) is 11.1 Å². The van der Waals surface area contributed by atoms with E-state index in [1.165, 1.54) is 35.1 Å². The van der Waals surface area contributed by atoms with Crippen LogP contribution in [0.1, 0.15) is 12.8 Å². The van der Waals surface area contributed by atoms with Crippen molar-refractivity contribution in [3.8, 4) is 0 Å². The zero-order valence-corrected chi connectivity index (χ0v) is 11.5. The second-order valence-corrected chi connectivity index (χ2v) is 6.17. The Hall–Kier alpha value is -0.270. The molecule has 0 unspecified atom stereocenters. The maximum absolute atomic E-state index is 11.8. The van der Waals surface area contributed by atoms with E-state index in [9.17, 15) is 4.79 Å². The molecule has 0 saturated carbocycles. The molecule has 0 spiro atoms. The molecule has 1 aromatic heterocycles. The van der Waals surface area contributed by atoms with Crippen LogP contribution in [0.25, 0.3) is 0 Å². The molecule has 0 radical (unpaired) electrons. The topological polar surface area (TPSA) is 46.1 Å². The van der Waals surface area contributed by atoms with E-state index in [1.54, 1.807) is 0 Å². The minimum atomic E-state index is 0.225. The molecule has 0 N–H and O–H groups in total. The van der Waals surface area contributed by atoms with E-state index in [-0.39, 0.29) is 5.91 Å². The van der Waals surface area contributed by atoms with Crippen LogP contribution in [0.2, 0.25) is 0 Å². The largest absolute Gasteiger partial charge is 0.342 e. The van der Waals surface area contributed by atoms with Crippen LogP contribution < -0.4 is 0 Å². The van der Waals surface area contributed by atoms with Gasteiger partial charge in [0.1, 0.15) is 0 Å². The Kier molecular flexibility index (Phi) is 4.48. The number of rotatable bonds is 4. The van der Waals surface area contributed by atoms with E-state index < -0.39 is 0 Å². The van der Waals surface area contributed by atoms with Crippen molar-refractivity contribution in [2.24, 2.45) is 0 Å². The Bertz CT molecular complexity index is 363. The van der Waals surface area contributed by atoms with Gasteiger partial charge in [0.25, 0.3) is 0 Å². The molecule has 4 nitrogen and oxygen atoms in total. The van der Waals surface area contributed by atoms with Crippen LogP contribution >= 0.6 is 35.1 Å². The van der Waals surface area contributed by atoms with Crippen LogP contribution in [0.3, 0.4) is 0 Å². The summed E-state index contributed by atoms with van der Waals surface area (Å²) in [6, 6.07) is 0. The fourth-order valence-corrected chi connectivity index (χ4v) is 3.63.